The number of ether oxygens (including phenoxy) is 1. The average molecular weight is 255 g/mol. The van der Waals surface area contributed by atoms with Crippen LogP contribution in [0, 0.1) is 17.8 Å². The highest BCUT2D eigenvalue weighted by molar-refractivity contribution is 6.30. The molecule has 0 radical (unpaired) electrons. The van der Waals surface area contributed by atoms with Gasteiger partial charge in [-0.3, -0.25) is 0 Å². The highest BCUT2D eigenvalue weighted by Crippen LogP contribution is 2.62. The number of hydrogen-bond donors (Lipinski definition) is 0. The summed E-state index contributed by atoms with van der Waals surface area (Å²) in [5.74, 6) is 1.86. The van der Waals surface area contributed by atoms with Gasteiger partial charge in [-0.15, -0.1) is 0 Å². The fourth-order valence-corrected chi connectivity index (χ4v) is 3.33. The van der Waals surface area contributed by atoms with E-state index in [1.165, 1.54) is 24.5 Å². The van der Waals surface area contributed by atoms with E-state index in [0.29, 0.717) is 12.5 Å². The third kappa shape index (κ3) is 2.57. The molecule has 2 aliphatic rings. The molecule has 0 aromatic heterocycles. The van der Waals surface area contributed by atoms with Gasteiger partial charge in [0, 0.05) is 11.1 Å². The fraction of sp³-hybridized carbons (Fsp3) is 0.643. The van der Waals surface area contributed by atoms with Crippen LogP contribution in [0.1, 0.15) is 33.1 Å². The zero-order valence-corrected chi connectivity index (χ0v) is 11.2. The first kappa shape index (κ1) is 12.7. The normalized spacial score (nSPS) is 30.9. The quantitative estimate of drug-likeness (QED) is 0.553. The summed E-state index contributed by atoms with van der Waals surface area (Å²) in [7, 11) is 0. The van der Waals surface area contributed by atoms with Gasteiger partial charge in [0.05, 0.1) is 6.61 Å². The Kier molecular flexibility index (Phi) is 3.93. The largest absolute Gasteiger partial charge is 0.463 e. The van der Waals surface area contributed by atoms with E-state index in [1.807, 2.05) is 13.0 Å². The van der Waals surface area contributed by atoms with Crippen molar-refractivity contribution in [3.63, 3.8) is 0 Å². The maximum atomic E-state index is 11.3. The van der Waals surface area contributed by atoms with Crippen LogP contribution in [0.3, 0.4) is 0 Å². The van der Waals surface area contributed by atoms with Crippen molar-refractivity contribution in [1.29, 1.82) is 0 Å². The van der Waals surface area contributed by atoms with Crippen molar-refractivity contribution in [2.75, 3.05) is 6.61 Å². The molecule has 0 heterocycles. The van der Waals surface area contributed by atoms with Crippen LogP contribution in [-0.4, -0.2) is 12.6 Å². The van der Waals surface area contributed by atoms with Gasteiger partial charge in [0.2, 0.25) is 0 Å². The summed E-state index contributed by atoms with van der Waals surface area (Å²) in [4.78, 5) is 11.3. The monoisotopic (exact) mass is 254 g/mol. The molecule has 3 unspecified atom stereocenters. The number of esters is 1. The second-order valence-corrected chi connectivity index (χ2v) is 5.25. The summed E-state index contributed by atoms with van der Waals surface area (Å²) in [6, 6.07) is 0. The Morgan fingerprint density at radius 3 is 2.94 bits per heavy atom. The van der Waals surface area contributed by atoms with Crippen molar-refractivity contribution < 1.29 is 9.53 Å². The first-order valence-electron chi connectivity index (χ1n) is 6.42. The minimum absolute atomic E-state index is 0.277. The van der Waals surface area contributed by atoms with Crippen molar-refractivity contribution >= 4 is 17.6 Å². The van der Waals surface area contributed by atoms with Crippen molar-refractivity contribution in [2.45, 2.75) is 33.1 Å². The number of allylic oxidation sites excluding steroid dienone is 3. The zero-order chi connectivity index (χ0) is 12.4. The number of rotatable bonds is 5. The molecule has 17 heavy (non-hydrogen) atoms. The second kappa shape index (κ2) is 5.26. The van der Waals surface area contributed by atoms with Crippen molar-refractivity contribution in [3.8, 4) is 0 Å². The Morgan fingerprint density at radius 1 is 1.53 bits per heavy atom. The predicted octanol–water partition coefficient (Wildman–Crippen LogP) is 3.66. The van der Waals surface area contributed by atoms with Crippen LogP contribution in [0.5, 0.6) is 0 Å². The standard InChI is InChI=1S/C14H19ClO2/c1-3-5-9-11-8-12(15)10(14(9)11)6-7-13(16)17-4-2/h6-7,9,11,14H,3-5,8H2,1-2H3. The summed E-state index contributed by atoms with van der Waals surface area (Å²) in [6.45, 7) is 4.44. The van der Waals surface area contributed by atoms with Gasteiger partial charge in [0.25, 0.3) is 0 Å². The molecule has 3 atom stereocenters. The maximum absolute atomic E-state index is 11.3. The van der Waals surface area contributed by atoms with Crippen LogP contribution in [0.4, 0.5) is 0 Å². The third-order valence-corrected chi connectivity index (χ3v) is 4.10. The molecule has 0 aromatic carbocycles. The Morgan fingerprint density at radius 2 is 2.29 bits per heavy atom. The van der Waals surface area contributed by atoms with Gasteiger partial charge >= 0.3 is 5.97 Å². The van der Waals surface area contributed by atoms with E-state index in [1.54, 1.807) is 0 Å². The molecular weight excluding hydrogens is 236 g/mol. The molecule has 2 nitrogen and oxygen atoms in total. The number of carbonyl (C=O) groups is 1. The Bertz CT molecular complexity index is 370. The van der Waals surface area contributed by atoms with Crippen molar-refractivity contribution in [3.05, 3.63) is 22.8 Å². The molecule has 0 N–H and O–H groups in total. The van der Waals surface area contributed by atoms with E-state index in [9.17, 15) is 4.79 Å². The van der Waals surface area contributed by atoms with Crippen LogP contribution < -0.4 is 0 Å². The lowest BCUT2D eigenvalue weighted by Crippen LogP contribution is -1.99. The van der Waals surface area contributed by atoms with Crippen LogP contribution in [0.15, 0.2) is 22.8 Å². The number of fused-ring (bicyclic) bond motifs is 1. The van der Waals surface area contributed by atoms with Gasteiger partial charge in [-0.25, -0.2) is 4.79 Å². The van der Waals surface area contributed by atoms with Gasteiger partial charge in [0.15, 0.2) is 0 Å². The first-order valence-corrected chi connectivity index (χ1v) is 6.80. The smallest absolute Gasteiger partial charge is 0.330 e. The van der Waals surface area contributed by atoms with E-state index in [-0.39, 0.29) is 5.97 Å². The highest BCUT2D eigenvalue weighted by Gasteiger charge is 2.54. The van der Waals surface area contributed by atoms with Crippen LogP contribution >= 0.6 is 11.6 Å². The zero-order valence-electron chi connectivity index (χ0n) is 10.4. The molecule has 0 aromatic rings. The lowest BCUT2D eigenvalue weighted by atomic mass is 10.1. The molecule has 0 aliphatic heterocycles. The third-order valence-electron chi connectivity index (χ3n) is 3.73. The summed E-state index contributed by atoms with van der Waals surface area (Å²) in [6.07, 6.45) is 6.87. The average Bonchev–Trinajstić information content (AvgIpc) is 2.83. The van der Waals surface area contributed by atoms with Gasteiger partial charge in [0.1, 0.15) is 0 Å². The van der Waals surface area contributed by atoms with E-state index in [4.69, 9.17) is 16.3 Å². The minimum atomic E-state index is -0.277. The minimum Gasteiger partial charge on any atom is -0.463 e. The van der Waals surface area contributed by atoms with Crippen LogP contribution in [-0.2, 0) is 9.53 Å². The molecule has 2 aliphatic carbocycles. The van der Waals surface area contributed by atoms with Crippen molar-refractivity contribution in [1.82, 2.24) is 0 Å². The first-order chi connectivity index (χ1) is 8.19. The van der Waals surface area contributed by atoms with E-state index in [0.717, 1.165) is 23.3 Å². The lowest BCUT2D eigenvalue weighted by molar-refractivity contribution is -0.137. The Balaban J connectivity index is 1.96. The lowest BCUT2D eigenvalue weighted by Gasteiger charge is -2.04. The molecular formula is C14H19ClO2. The number of halogens is 1. The Labute approximate surface area is 108 Å². The summed E-state index contributed by atoms with van der Waals surface area (Å²) < 4.78 is 4.87. The van der Waals surface area contributed by atoms with E-state index in [2.05, 4.69) is 6.92 Å². The molecule has 0 bridgehead atoms. The van der Waals surface area contributed by atoms with E-state index < -0.39 is 0 Å². The fourth-order valence-electron chi connectivity index (χ4n) is 2.97. The maximum Gasteiger partial charge on any atom is 0.330 e. The van der Waals surface area contributed by atoms with Crippen molar-refractivity contribution in [2.24, 2.45) is 17.8 Å². The summed E-state index contributed by atoms with van der Waals surface area (Å²) in [5.41, 5.74) is 1.17. The summed E-state index contributed by atoms with van der Waals surface area (Å²) in [5, 5.41) is 0.938. The molecule has 3 heteroatoms. The molecule has 0 spiro atoms. The Hall–Kier alpha value is -0.760. The molecule has 2 rings (SSSR count). The van der Waals surface area contributed by atoms with Crippen LogP contribution in [0.25, 0.3) is 0 Å². The van der Waals surface area contributed by atoms with E-state index >= 15 is 0 Å². The number of carbonyl (C=O) groups excluding carboxylic acids is 1. The van der Waals surface area contributed by atoms with Gasteiger partial charge in [-0.2, -0.15) is 0 Å². The summed E-state index contributed by atoms with van der Waals surface area (Å²) >= 11 is 6.21. The molecule has 0 saturated heterocycles. The van der Waals surface area contributed by atoms with Gasteiger partial charge in [-0.05, 0) is 43.1 Å². The van der Waals surface area contributed by atoms with Gasteiger partial charge in [-0.1, -0.05) is 31.0 Å². The van der Waals surface area contributed by atoms with Gasteiger partial charge < -0.3 is 4.74 Å². The molecule has 0 amide bonds. The second-order valence-electron chi connectivity index (χ2n) is 4.79. The SMILES string of the molecule is CCCC1C2CC(Cl)=C(C=CC(=O)OCC)C12. The highest BCUT2D eigenvalue weighted by atomic mass is 35.5. The predicted molar refractivity (Wildman–Crippen MR) is 68.6 cm³/mol. The molecule has 94 valence electrons. The van der Waals surface area contributed by atoms with Crippen LogP contribution in [0.2, 0.25) is 0 Å². The topological polar surface area (TPSA) is 26.3 Å². The molecule has 1 fully saturated rings. The number of hydrogen-bond acceptors (Lipinski definition) is 2. The molecule has 1 saturated carbocycles.